The lowest BCUT2D eigenvalue weighted by Crippen LogP contribution is -2.31. The van der Waals surface area contributed by atoms with Gasteiger partial charge in [0.15, 0.2) is 5.69 Å². The zero-order chi connectivity index (χ0) is 18.0. The lowest BCUT2D eigenvalue weighted by molar-refractivity contribution is 0.0934. The number of amides is 1. The summed E-state index contributed by atoms with van der Waals surface area (Å²) in [5.74, 6) is -0.263. The minimum Gasteiger partial charge on any atom is -0.344 e. The number of nitrogens with zero attached hydrogens (tertiary/aromatic N) is 3. The van der Waals surface area contributed by atoms with Gasteiger partial charge in [0, 0.05) is 0 Å². The summed E-state index contributed by atoms with van der Waals surface area (Å²) in [7, 11) is 0. The number of benzene rings is 1. The number of carbonyl (C=O) groups excluding carboxylic acids is 1. The van der Waals surface area contributed by atoms with Crippen LogP contribution in [0.2, 0.25) is 10.0 Å². The van der Waals surface area contributed by atoms with Gasteiger partial charge in [0.05, 0.1) is 27.8 Å². The molecule has 0 spiro atoms. The molecule has 1 unspecified atom stereocenters. The number of aromatic nitrogens is 3. The Kier molecular flexibility index (Phi) is 5.61. The molecule has 1 aromatic heterocycles. The Morgan fingerprint density at radius 2 is 2.08 bits per heavy atom. The zero-order valence-electron chi connectivity index (χ0n) is 14.2. The first-order valence-electron chi connectivity index (χ1n) is 8.36. The van der Waals surface area contributed by atoms with Gasteiger partial charge in [0.25, 0.3) is 5.91 Å². The Morgan fingerprint density at radius 1 is 1.36 bits per heavy atom. The summed E-state index contributed by atoms with van der Waals surface area (Å²) in [6.07, 6.45) is 1.97. The maximum Gasteiger partial charge on any atom is 0.274 e. The van der Waals surface area contributed by atoms with Gasteiger partial charge >= 0.3 is 0 Å². The van der Waals surface area contributed by atoms with Crippen molar-refractivity contribution < 1.29 is 4.79 Å². The number of hydrogen-bond acceptors (Lipinski definition) is 4. The Hall–Kier alpha value is -1.63. The molecule has 1 aliphatic rings. The van der Waals surface area contributed by atoms with Crippen molar-refractivity contribution in [3.8, 4) is 0 Å². The minimum atomic E-state index is -0.290. The summed E-state index contributed by atoms with van der Waals surface area (Å²) in [6, 6.07) is 5.37. The molecule has 1 atom stereocenters. The third kappa shape index (κ3) is 3.81. The van der Waals surface area contributed by atoms with Crippen molar-refractivity contribution in [1.29, 1.82) is 0 Å². The Bertz CT molecular complexity index is 770. The van der Waals surface area contributed by atoms with Crippen LogP contribution in [0.25, 0.3) is 0 Å². The molecule has 1 aromatic carbocycles. The Balaban J connectivity index is 1.75. The van der Waals surface area contributed by atoms with Gasteiger partial charge < -0.3 is 10.6 Å². The number of carbonyl (C=O) groups is 1. The monoisotopic (exact) mass is 381 g/mol. The van der Waals surface area contributed by atoms with E-state index in [-0.39, 0.29) is 18.0 Å². The van der Waals surface area contributed by atoms with Crippen LogP contribution in [0, 0.1) is 6.92 Å². The predicted octanol–water partition coefficient (Wildman–Crippen LogP) is 3.31. The van der Waals surface area contributed by atoms with E-state index >= 15 is 0 Å². The smallest absolute Gasteiger partial charge is 0.274 e. The average Bonchev–Trinajstić information content (AvgIpc) is 2.99. The summed E-state index contributed by atoms with van der Waals surface area (Å²) >= 11 is 12.3. The van der Waals surface area contributed by atoms with Crippen molar-refractivity contribution in [3.63, 3.8) is 0 Å². The van der Waals surface area contributed by atoms with Crippen LogP contribution in [0.5, 0.6) is 0 Å². The third-order valence-corrected chi connectivity index (χ3v) is 5.43. The second-order valence-electron chi connectivity index (χ2n) is 6.29. The SMILES string of the molecule is Cc1c(C(=O)NC(C)c2cccc(Cl)c2Cl)nnn1C1CCNCC1. The predicted molar refractivity (Wildman–Crippen MR) is 98.2 cm³/mol. The molecule has 0 bridgehead atoms. The molecular formula is C17H21Cl2N5O. The molecule has 0 aliphatic carbocycles. The van der Waals surface area contributed by atoms with E-state index in [1.54, 1.807) is 6.07 Å². The summed E-state index contributed by atoms with van der Waals surface area (Å²) < 4.78 is 1.87. The highest BCUT2D eigenvalue weighted by molar-refractivity contribution is 6.42. The molecule has 1 saturated heterocycles. The number of piperidine rings is 1. The van der Waals surface area contributed by atoms with Crippen LogP contribution in [-0.4, -0.2) is 34.0 Å². The standard InChI is InChI=1S/C17H21Cl2N5O/c1-10(13-4-3-5-14(18)15(13)19)21-17(25)16-11(2)24(23-22-16)12-6-8-20-9-7-12/h3-5,10,12,20H,6-9H2,1-2H3,(H,21,25). The fourth-order valence-corrected chi connectivity index (χ4v) is 3.62. The first-order chi connectivity index (χ1) is 12.0. The van der Waals surface area contributed by atoms with Crippen LogP contribution in [0.4, 0.5) is 0 Å². The molecule has 0 radical (unpaired) electrons. The highest BCUT2D eigenvalue weighted by atomic mass is 35.5. The van der Waals surface area contributed by atoms with Gasteiger partial charge in [-0.05, 0) is 51.4 Å². The Morgan fingerprint density at radius 3 is 2.80 bits per heavy atom. The maximum atomic E-state index is 12.6. The number of halogens is 2. The summed E-state index contributed by atoms with van der Waals surface area (Å²) in [5, 5.41) is 15.5. The van der Waals surface area contributed by atoms with Gasteiger partial charge in [-0.3, -0.25) is 4.79 Å². The minimum absolute atomic E-state index is 0.263. The zero-order valence-corrected chi connectivity index (χ0v) is 15.7. The number of nitrogens with one attached hydrogen (secondary N) is 2. The lowest BCUT2D eigenvalue weighted by Gasteiger charge is -2.23. The molecule has 3 rings (SSSR count). The van der Waals surface area contributed by atoms with E-state index in [2.05, 4.69) is 20.9 Å². The molecule has 2 heterocycles. The van der Waals surface area contributed by atoms with Crippen LogP contribution < -0.4 is 10.6 Å². The molecule has 2 aromatic rings. The first kappa shape index (κ1) is 18.2. The largest absolute Gasteiger partial charge is 0.344 e. The van der Waals surface area contributed by atoms with Gasteiger partial charge in [-0.25, -0.2) is 4.68 Å². The second kappa shape index (κ2) is 7.72. The summed E-state index contributed by atoms with van der Waals surface area (Å²) in [6.45, 7) is 5.65. The molecule has 25 heavy (non-hydrogen) atoms. The van der Waals surface area contributed by atoms with Crippen LogP contribution in [0.3, 0.4) is 0 Å². The fraction of sp³-hybridized carbons (Fsp3) is 0.471. The van der Waals surface area contributed by atoms with Gasteiger partial charge in [0.2, 0.25) is 0 Å². The van der Waals surface area contributed by atoms with E-state index in [1.165, 1.54) is 0 Å². The van der Waals surface area contributed by atoms with Crippen molar-refractivity contribution in [1.82, 2.24) is 25.6 Å². The Labute approximate surface area is 156 Å². The van der Waals surface area contributed by atoms with Crippen molar-refractivity contribution in [2.75, 3.05) is 13.1 Å². The van der Waals surface area contributed by atoms with E-state index in [0.29, 0.717) is 15.7 Å². The average molecular weight is 382 g/mol. The maximum absolute atomic E-state index is 12.6. The van der Waals surface area contributed by atoms with E-state index in [0.717, 1.165) is 37.2 Å². The van der Waals surface area contributed by atoms with E-state index in [1.807, 2.05) is 30.7 Å². The van der Waals surface area contributed by atoms with Gasteiger partial charge in [-0.15, -0.1) is 5.10 Å². The first-order valence-corrected chi connectivity index (χ1v) is 9.12. The van der Waals surface area contributed by atoms with Crippen molar-refractivity contribution in [2.45, 2.75) is 38.8 Å². The van der Waals surface area contributed by atoms with Crippen molar-refractivity contribution in [2.24, 2.45) is 0 Å². The highest BCUT2D eigenvalue weighted by Gasteiger charge is 2.24. The van der Waals surface area contributed by atoms with E-state index in [9.17, 15) is 4.79 Å². The van der Waals surface area contributed by atoms with Gasteiger partial charge in [-0.2, -0.15) is 0 Å². The number of rotatable bonds is 4. The third-order valence-electron chi connectivity index (χ3n) is 4.59. The molecule has 8 heteroatoms. The molecule has 1 fully saturated rings. The van der Waals surface area contributed by atoms with E-state index < -0.39 is 0 Å². The van der Waals surface area contributed by atoms with Gasteiger partial charge in [-0.1, -0.05) is 40.5 Å². The van der Waals surface area contributed by atoms with Crippen molar-refractivity contribution in [3.05, 3.63) is 45.2 Å². The van der Waals surface area contributed by atoms with Crippen LogP contribution >= 0.6 is 23.2 Å². The quantitative estimate of drug-likeness (QED) is 0.851. The topological polar surface area (TPSA) is 71.8 Å². The molecule has 1 amide bonds. The normalized spacial score (nSPS) is 16.6. The molecular weight excluding hydrogens is 361 g/mol. The van der Waals surface area contributed by atoms with Crippen molar-refractivity contribution >= 4 is 29.1 Å². The molecule has 134 valence electrons. The second-order valence-corrected chi connectivity index (χ2v) is 7.07. The highest BCUT2D eigenvalue weighted by Crippen LogP contribution is 2.30. The molecule has 6 nitrogen and oxygen atoms in total. The van der Waals surface area contributed by atoms with Crippen LogP contribution in [0.1, 0.15) is 53.6 Å². The molecule has 0 saturated carbocycles. The summed E-state index contributed by atoms with van der Waals surface area (Å²) in [4.78, 5) is 12.6. The van der Waals surface area contributed by atoms with E-state index in [4.69, 9.17) is 23.2 Å². The fourth-order valence-electron chi connectivity index (χ4n) is 3.15. The number of hydrogen-bond donors (Lipinski definition) is 2. The van der Waals surface area contributed by atoms with Gasteiger partial charge in [0.1, 0.15) is 0 Å². The van der Waals surface area contributed by atoms with Crippen LogP contribution in [0.15, 0.2) is 18.2 Å². The molecule has 1 aliphatic heterocycles. The van der Waals surface area contributed by atoms with Crippen LogP contribution in [-0.2, 0) is 0 Å². The summed E-state index contributed by atoms with van der Waals surface area (Å²) in [5.41, 5.74) is 1.91. The lowest BCUT2D eigenvalue weighted by atomic mass is 10.1. The molecule has 2 N–H and O–H groups in total.